The molecule has 118 valence electrons. The lowest BCUT2D eigenvalue weighted by molar-refractivity contribution is -0.139. The Balaban J connectivity index is 1.96. The van der Waals surface area contributed by atoms with Crippen LogP contribution >= 0.6 is 11.6 Å². The normalized spacial score (nSPS) is 18.2. The molecule has 0 unspecified atom stereocenters. The summed E-state index contributed by atoms with van der Waals surface area (Å²) in [6.45, 7) is 2.11. The summed E-state index contributed by atoms with van der Waals surface area (Å²) in [5, 5.41) is 3.14. The summed E-state index contributed by atoms with van der Waals surface area (Å²) in [5.74, 6) is -0.734. The molecular formula is C15H18ClN3O3. The predicted octanol–water partition coefficient (Wildman–Crippen LogP) is 1.36. The fourth-order valence-electron chi connectivity index (χ4n) is 2.43. The molecule has 1 fully saturated rings. The van der Waals surface area contributed by atoms with Gasteiger partial charge in [-0.3, -0.25) is 24.2 Å². The van der Waals surface area contributed by atoms with E-state index in [2.05, 4.69) is 5.32 Å². The molecule has 1 heterocycles. The quantitative estimate of drug-likeness (QED) is 0.831. The number of benzene rings is 1. The minimum absolute atomic E-state index is 0.00641. The van der Waals surface area contributed by atoms with Gasteiger partial charge in [0.25, 0.3) is 0 Å². The average Bonchev–Trinajstić information content (AvgIpc) is 2.76. The summed E-state index contributed by atoms with van der Waals surface area (Å²) < 4.78 is 0. The molecule has 1 aromatic rings. The number of nitrogens with one attached hydrogen (secondary N) is 1. The molecular weight excluding hydrogens is 306 g/mol. The molecule has 3 amide bonds. The summed E-state index contributed by atoms with van der Waals surface area (Å²) in [5.41, 5.74) is 0.520. The van der Waals surface area contributed by atoms with Crippen LogP contribution in [-0.2, 0) is 14.4 Å². The van der Waals surface area contributed by atoms with Crippen LogP contribution < -0.4 is 5.32 Å². The number of hydrogen-bond donors (Lipinski definition) is 1. The van der Waals surface area contributed by atoms with Gasteiger partial charge in [-0.1, -0.05) is 23.7 Å². The molecule has 6 nitrogen and oxygen atoms in total. The van der Waals surface area contributed by atoms with Gasteiger partial charge in [-0.2, -0.15) is 0 Å². The smallest absolute Gasteiger partial charge is 0.247 e. The van der Waals surface area contributed by atoms with E-state index in [9.17, 15) is 14.4 Å². The van der Waals surface area contributed by atoms with E-state index in [4.69, 9.17) is 11.6 Å². The second-order valence-corrected chi connectivity index (χ2v) is 5.55. The van der Waals surface area contributed by atoms with Crippen molar-refractivity contribution in [3.8, 4) is 0 Å². The maximum Gasteiger partial charge on any atom is 0.247 e. The number of imide groups is 1. The van der Waals surface area contributed by atoms with Crippen LogP contribution in [0.5, 0.6) is 0 Å². The first-order valence-electron chi connectivity index (χ1n) is 7.02. The lowest BCUT2D eigenvalue weighted by Crippen LogP contribution is -2.43. The Bertz CT molecular complexity index is 605. The topological polar surface area (TPSA) is 69.7 Å². The highest BCUT2D eigenvalue weighted by Gasteiger charge is 2.40. The second kappa shape index (κ2) is 6.89. The van der Waals surface area contributed by atoms with Gasteiger partial charge in [0.05, 0.1) is 29.7 Å². The number of likely N-dealkylation sites (N-methyl/N-ethyl adjacent to an activating group) is 2. The van der Waals surface area contributed by atoms with E-state index < -0.39 is 6.04 Å². The minimum Gasteiger partial charge on any atom is -0.324 e. The molecule has 1 aliphatic heterocycles. The van der Waals surface area contributed by atoms with Crippen molar-refractivity contribution in [3.63, 3.8) is 0 Å². The van der Waals surface area contributed by atoms with Crippen LogP contribution in [0, 0.1) is 0 Å². The Labute approximate surface area is 134 Å². The number of anilines is 1. The molecule has 1 aromatic carbocycles. The second-order valence-electron chi connectivity index (χ2n) is 5.14. The highest BCUT2D eigenvalue weighted by atomic mass is 35.5. The van der Waals surface area contributed by atoms with E-state index in [0.29, 0.717) is 17.3 Å². The summed E-state index contributed by atoms with van der Waals surface area (Å²) in [6.07, 6.45) is 0.114. The van der Waals surface area contributed by atoms with E-state index in [1.807, 2.05) is 0 Å². The molecule has 0 saturated carbocycles. The van der Waals surface area contributed by atoms with Gasteiger partial charge in [-0.15, -0.1) is 0 Å². The largest absolute Gasteiger partial charge is 0.324 e. The first-order valence-corrected chi connectivity index (χ1v) is 7.40. The summed E-state index contributed by atoms with van der Waals surface area (Å²) in [7, 11) is 1.65. The van der Waals surface area contributed by atoms with Crippen molar-refractivity contribution in [1.29, 1.82) is 0 Å². The zero-order valence-electron chi connectivity index (χ0n) is 12.5. The maximum atomic E-state index is 12.1. The van der Waals surface area contributed by atoms with Crippen LogP contribution in [-0.4, -0.2) is 53.7 Å². The molecule has 0 bridgehead atoms. The number of nitrogens with zero attached hydrogens (tertiary/aromatic N) is 2. The monoisotopic (exact) mass is 323 g/mol. The van der Waals surface area contributed by atoms with E-state index in [-0.39, 0.29) is 30.7 Å². The number of carbonyl (C=O) groups is 3. The number of likely N-dealkylation sites (tertiary alicyclic amines) is 1. The van der Waals surface area contributed by atoms with Crippen molar-refractivity contribution < 1.29 is 14.4 Å². The fourth-order valence-corrected chi connectivity index (χ4v) is 2.61. The van der Waals surface area contributed by atoms with Crippen LogP contribution in [0.15, 0.2) is 24.3 Å². The van der Waals surface area contributed by atoms with Gasteiger partial charge >= 0.3 is 0 Å². The Morgan fingerprint density at radius 3 is 2.68 bits per heavy atom. The molecule has 0 radical (unpaired) electrons. The van der Waals surface area contributed by atoms with Crippen molar-refractivity contribution >= 4 is 35.0 Å². The number of amides is 3. The molecule has 0 aliphatic carbocycles. The third kappa shape index (κ3) is 3.45. The molecule has 1 atom stereocenters. The number of carbonyl (C=O) groups excluding carboxylic acids is 3. The highest BCUT2D eigenvalue weighted by molar-refractivity contribution is 6.33. The first-order chi connectivity index (χ1) is 10.4. The van der Waals surface area contributed by atoms with Crippen LogP contribution in [0.3, 0.4) is 0 Å². The summed E-state index contributed by atoms with van der Waals surface area (Å²) >= 11 is 5.98. The van der Waals surface area contributed by atoms with Gasteiger partial charge in [-0.05, 0) is 26.1 Å². The van der Waals surface area contributed by atoms with Crippen LogP contribution in [0.4, 0.5) is 5.69 Å². The molecule has 1 N–H and O–H groups in total. The molecule has 0 aromatic heterocycles. The summed E-state index contributed by atoms with van der Waals surface area (Å²) in [6, 6.07) is 6.34. The zero-order valence-corrected chi connectivity index (χ0v) is 13.3. The molecule has 1 aliphatic rings. The maximum absolute atomic E-state index is 12.1. The fraction of sp³-hybridized carbons (Fsp3) is 0.400. The molecule has 0 spiro atoms. The highest BCUT2D eigenvalue weighted by Crippen LogP contribution is 2.21. The molecule has 1 saturated heterocycles. The van der Waals surface area contributed by atoms with Gasteiger partial charge in [0.15, 0.2) is 0 Å². The van der Waals surface area contributed by atoms with Crippen molar-refractivity contribution in [1.82, 2.24) is 9.80 Å². The third-order valence-corrected chi connectivity index (χ3v) is 3.94. The number of halogens is 1. The molecule has 22 heavy (non-hydrogen) atoms. The number of para-hydroxylation sites is 1. The zero-order chi connectivity index (χ0) is 16.3. The van der Waals surface area contributed by atoms with Gasteiger partial charge in [0.2, 0.25) is 17.7 Å². The standard InChI is InChI=1S/C15H18ClN3O3/c1-3-19-14(21)8-12(15(19)22)18(2)9-13(20)17-11-7-5-4-6-10(11)16/h4-7,12H,3,8-9H2,1-2H3,(H,17,20)/t12-/m1/s1. The van der Waals surface area contributed by atoms with E-state index in [1.165, 1.54) is 4.90 Å². The molecule has 7 heteroatoms. The van der Waals surface area contributed by atoms with E-state index in [0.717, 1.165) is 0 Å². The number of hydrogen-bond acceptors (Lipinski definition) is 4. The van der Waals surface area contributed by atoms with Crippen LogP contribution in [0.1, 0.15) is 13.3 Å². The minimum atomic E-state index is -0.579. The van der Waals surface area contributed by atoms with Crippen LogP contribution in [0.2, 0.25) is 5.02 Å². The lowest BCUT2D eigenvalue weighted by atomic mass is 10.2. The van der Waals surface area contributed by atoms with Crippen molar-refractivity contribution in [2.45, 2.75) is 19.4 Å². The lowest BCUT2D eigenvalue weighted by Gasteiger charge is -2.22. The Morgan fingerprint density at radius 1 is 1.41 bits per heavy atom. The van der Waals surface area contributed by atoms with Gasteiger partial charge < -0.3 is 5.32 Å². The van der Waals surface area contributed by atoms with Crippen molar-refractivity contribution in [2.24, 2.45) is 0 Å². The van der Waals surface area contributed by atoms with E-state index in [1.54, 1.807) is 43.1 Å². The number of rotatable bonds is 5. The average molecular weight is 324 g/mol. The van der Waals surface area contributed by atoms with Crippen molar-refractivity contribution in [3.05, 3.63) is 29.3 Å². The Hall–Kier alpha value is -1.92. The Kier molecular flexibility index (Phi) is 5.15. The molecule has 2 rings (SSSR count). The SMILES string of the molecule is CCN1C(=O)C[C@@H](N(C)CC(=O)Nc2ccccc2Cl)C1=O. The predicted molar refractivity (Wildman–Crippen MR) is 83.5 cm³/mol. The van der Waals surface area contributed by atoms with Gasteiger partial charge in [0, 0.05) is 6.54 Å². The van der Waals surface area contributed by atoms with Gasteiger partial charge in [-0.25, -0.2) is 0 Å². The van der Waals surface area contributed by atoms with E-state index >= 15 is 0 Å². The first kappa shape index (κ1) is 16.5. The summed E-state index contributed by atoms with van der Waals surface area (Å²) in [4.78, 5) is 38.7. The van der Waals surface area contributed by atoms with Crippen LogP contribution in [0.25, 0.3) is 0 Å². The third-order valence-electron chi connectivity index (χ3n) is 3.61. The van der Waals surface area contributed by atoms with Gasteiger partial charge in [0.1, 0.15) is 0 Å². The van der Waals surface area contributed by atoms with Crippen molar-refractivity contribution in [2.75, 3.05) is 25.5 Å². The Morgan fingerprint density at radius 2 is 2.09 bits per heavy atom.